The number of aromatic amines is 1. The lowest BCUT2D eigenvalue weighted by molar-refractivity contribution is -0.149. The van der Waals surface area contributed by atoms with E-state index in [1.807, 2.05) is 54.6 Å². The number of carboxylic acid groups (broad SMARTS) is 1. The summed E-state index contributed by atoms with van der Waals surface area (Å²) in [6, 6.07) is 15.6. The van der Waals surface area contributed by atoms with Gasteiger partial charge in [-0.1, -0.05) is 62.4 Å². The summed E-state index contributed by atoms with van der Waals surface area (Å²) in [7, 11) is 0. The first-order valence-electron chi connectivity index (χ1n) is 10.4. The smallest absolute Gasteiger partial charge is 0.326 e. The summed E-state index contributed by atoms with van der Waals surface area (Å²) in [4.78, 5) is 45.7. The zero-order valence-electron chi connectivity index (χ0n) is 18.0. The maximum absolute atomic E-state index is 12.9. The fourth-order valence-electron chi connectivity index (χ4n) is 3.53. The summed E-state index contributed by atoms with van der Waals surface area (Å²) in [6.45, 7) is 3.59. The molecular weight excluding hydrogens is 410 g/mol. The molecule has 3 aromatic rings. The van der Waals surface area contributed by atoms with Gasteiger partial charge in [0.05, 0.1) is 6.61 Å². The fourth-order valence-corrected chi connectivity index (χ4v) is 3.53. The number of carbonyl (C=O) groups excluding carboxylic acids is 2. The number of aromatic nitrogens is 1. The molecule has 2 aromatic carbocycles. The van der Waals surface area contributed by atoms with E-state index in [0.29, 0.717) is 0 Å². The van der Waals surface area contributed by atoms with Gasteiger partial charge in [-0.25, -0.2) is 10.3 Å². The third-order valence-corrected chi connectivity index (χ3v) is 5.20. The molecule has 3 rings (SSSR count). The van der Waals surface area contributed by atoms with Crippen LogP contribution < -0.4 is 10.8 Å². The Morgan fingerprint density at radius 2 is 1.69 bits per heavy atom. The number of benzene rings is 2. The molecule has 1 unspecified atom stereocenters. The van der Waals surface area contributed by atoms with Crippen LogP contribution in [0.1, 0.15) is 25.0 Å². The average molecular weight is 437 g/mol. The number of carbonyl (C=O) groups is 3. The molecule has 4 N–H and O–H groups in total. The van der Waals surface area contributed by atoms with Crippen LogP contribution >= 0.6 is 0 Å². The van der Waals surface area contributed by atoms with Crippen molar-refractivity contribution >= 4 is 28.7 Å². The van der Waals surface area contributed by atoms with Crippen molar-refractivity contribution in [1.82, 2.24) is 15.8 Å². The summed E-state index contributed by atoms with van der Waals surface area (Å²) in [6.07, 6.45) is 1.82. The third-order valence-electron chi connectivity index (χ3n) is 5.20. The van der Waals surface area contributed by atoms with Gasteiger partial charge >= 0.3 is 5.97 Å². The Bertz CT molecular complexity index is 1080. The van der Waals surface area contributed by atoms with Gasteiger partial charge in [-0.3, -0.25) is 14.4 Å². The zero-order valence-corrected chi connectivity index (χ0v) is 18.0. The zero-order chi connectivity index (χ0) is 23.1. The number of nitrogens with one attached hydrogen (secondary N) is 3. The predicted octanol–water partition coefficient (Wildman–Crippen LogP) is 2.80. The molecule has 0 saturated carbocycles. The topological polar surface area (TPSA) is 121 Å². The summed E-state index contributed by atoms with van der Waals surface area (Å²) in [5.74, 6) is -3.92. The monoisotopic (exact) mass is 437 g/mol. The minimum absolute atomic E-state index is 0.0853. The number of carboxylic acids is 1. The molecule has 8 nitrogen and oxygen atoms in total. The van der Waals surface area contributed by atoms with Crippen LogP contribution in [0, 0.1) is 11.8 Å². The molecule has 0 spiro atoms. The molecule has 1 heterocycles. The first-order chi connectivity index (χ1) is 15.4. The number of hydrogen-bond donors (Lipinski definition) is 4. The molecule has 168 valence electrons. The SMILES string of the molecule is CC(C)C(C(=O)NOCc1ccccc1)C(=O)N[C@@H](Cc1c[nH]c2ccccc12)C(=O)O. The summed E-state index contributed by atoms with van der Waals surface area (Å²) < 4.78 is 0. The third kappa shape index (κ3) is 5.73. The first-order valence-corrected chi connectivity index (χ1v) is 10.4. The van der Waals surface area contributed by atoms with Gasteiger partial charge in [-0.05, 0) is 23.1 Å². The number of hydrogen-bond acceptors (Lipinski definition) is 4. The van der Waals surface area contributed by atoms with E-state index in [0.717, 1.165) is 22.0 Å². The largest absolute Gasteiger partial charge is 0.480 e. The van der Waals surface area contributed by atoms with Crippen LogP contribution in [0.2, 0.25) is 0 Å². The molecular formula is C24H27N3O5. The minimum atomic E-state index is -1.18. The van der Waals surface area contributed by atoms with E-state index in [1.165, 1.54) is 0 Å². The second-order valence-electron chi connectivity index (χ2n) is 7.93. The van der Waals surface area contributed by atoms with E-state index in [9.17, 15) is 19.5 Å². The van der Waals surface area contributed by atoms with Crippen molar-refractivity contribution in [3.63, 3.8) is 0 Å². The summed E-state index contributed by atoms with van der Waals surface area (Å²) >= 11 is 0. The number of rotatable bonds is 10. The van der Waals surface area contributed by atoms with Gasteiger partial charge in [0.2, 0.25) is 5.91 Å². The maximum atomic E-state index is 12.9. The lowest BCUT2D eigenvalue weighted by Crippen LogP contribution is -2.50. The van der Waals surface area contributed by atoms with E-state index in [4.69, 9.17) is 4.84 Å². The van der Waals surface area contributed by atoms with Gasteiger partial charge < -0.3 is 15.4 Å². The van der Waals surface area contributed by atoms with Crippen LogP contribution in [-0.4, -0.2) is 33.9 Å². The molecule has 0 radical (unpaired) electrons. The van der Waals surface area contributed by atoms with Crippen molar-refractivity contribution in [2.45, 2.75) is 32.9 Å². The van der Waals surface area contributed by atoms with Gasteiger partial charge in [0, 0.05) is 23.5 Å². The highest BCUT2D eigenvalue weighted by atomic mass is 16.6. The van der Waals surface area contributed by atoms with Gasteiger partial charge in [-0.15, -0.1) is 0 Å². The number of fused-ring (bicyclic) bond motifs is 1. The molecule has 0 bridgehead atoms. The highest BCUT2D eigenvalue weighted by Crippen LogP contribution is 2.20. The minimum Gasteiger partial charge on any atom is -0.480 e. The maximum Gasteiger partial charge on any atom is 0.326 e. The number of hydroxylamine groups is 1. The van der Waals surface area contributed by atoms with Crippen LogP contribution in [0.25, 0.3) is 10.9 Å². The second-order valence-corrected chi connectivity index (χ2v) is 7.93. The average Bonchev–Trinajstić information content (AvgIpc) is 3.17. The van der Waals surface area contributed by atoms with E-state index in [2.05, 4.69) is 15.8 Å². The van der Waals surface area contributed by atoms with Crippen molar-refractivity contribution in [2.75, 3.05) is 0 Å². The predicted molar refractivity (Wildman–Crippen MR) is 119 cm³/mol. The van der Waals surface area contributed by atoms with Crippen LogP contribution in [0.15, 0.2) is 60.8 Å². The number of H-pyrrole nitrogens is 1. The number of aliphatic carboxylic acids is 1. The molecule has 0 aliphatic heterocycles. The Morgan fingerprint density at radius 3 is 2.38 bits per heavy atom. The van der Waals surface area contributed by atoms with Gasteiger partial charge in [0.25, 0.3) is 5.91 Å². The lowest BCUT2D eigenvalue weighted by Gasteiger charge is -2.22. The standard InChI is InChI=1S/C24H27N3O5/c1-15(2)21(23(29)27-32-14-16-8-4-3-5-9-16)22(28)26-20(24(30)31)12-17-13-25-19-11-7-6-10-18(17)19/h3-11,13,15,20-21,25H,12,14H2,1-2H3,(H,26,28)(H,27,29)(H,30,31)/t20-,21?/m0/s1. The quantitative estimate of drug-likeness (QED) is 0.287. The Labute approximate surface area is 185 Å². The summed E-state index contributed by atoms with van der Waals surface area (Å²) in [5.41, 5.74) is 4.83. The van der Waals surface area contributed by atoms with Crippen LogP contribution in [0.3, 0.4) is 0 Å². The van der Waals surface area contributed by atoms with E-state index in [-0.39, 0.29) is 18.9 Å². The molecule has 0 fully saturated rings. The van der Waals surface area contributed by atoms with Gasteiger partial charge in [0.15, 0.2) is 0 Å². The molecule has 0 aliphatic rings. The van der Waals surface area contributed by atoms with Crippen molar-refractivity contribution in [3.8, 4) is 0 Å². The Kier molecular flexibility index (Phi) is 7.62. The Balaban J connectivity index is 1.64. The molecule has 2 atom stereocenters. The molecule has 0 aliphatic carbocycles. The van der Waals surface area contributed by atoms with Crippen LogP contribution in [0.4, 0.5) is 0 Å². The van der Waals surface area contributed by atoms with E-state index < -0.39 is 29.7 Å². The fraction of sp³-hybridized carbons (Fsp3) is 0.292. The Morgan fingerprint density at radius 1 is 1.00 bits per heavy atom. The van der Waals surface area contributed by atoms with Crippen LogP contribution in [0.5, 0.6) is 0 Å². The Hall–Kier alpha value is -3.65. The first kappa shape index (κ1) is 23.0. The lowest BCUT2D eigenvalue weighted by atomic mass is 9.93. The molecule has 8 heteroatoms. The number of para-hydroxylation sites is 1. The molecule has 2 amide bonds. The van der Waals surface area contributed by atoms with Crippen molar-refractivity contribution < 1.29 is 24.3 Å². The molecule has 32 heavy (non-hydrogen) atoms. The molecule has 1 aromatic heterocycles. The van der Waals surface area contributed by atoms with E-state index in [1.54, 1.807) is 20.0 Å². The normalized spacial score (nSPS) is 13.0. The number of amides is 2. The van der Waals surface area contributed by atoms with E-state index >= 15 is 0 Å². The second kappa shape index (κ2) is 10.6. The van der Waals surface area contributed by atoms with Gasteiger partial charge in [0.1, 0.15) is 12.0 Å². The van der Waals surface area contributed by atoms with Crippen molar-refractivity contribution in [1.29, 1.82) is 0 Å². The highest BCUT2D eigenvalue weighted by Gasteiger charge is 2.33. The van der Waals surface area contributed by atoms with Crippen LogP contribution in [-0.2, 0) is 32.2 Å². The highest BCUT2D eigenvalue weighted by molar-refractivity contribution is 6.01. The summed E-state index contributed by atoms with van der Waals surface area (Å²) in [5, 5.41) is 13.1. The van der Waals surface area contributed by atoms with Gasteiger partial charge in [-0.2, -0.15) is 0 Å². The van der Waals surface area contributed by atoms with Crippen molar-refractivity contribution in [2.24, 2.45) is 11.8 Å². The molecule has 0 saturated heterocycles. The van der Waals surface area contributed by atoms with Crippen molar-refractivity contribution in [3.05, 3.63) is 71.9 Å².